The maximum Gasteiger partial charge on any atom is 0.206 e. The molecule has 1 fully saturated rings. The van der Waals surface area contributed by atoms with Crippen molar-refractivity contribution in [2.24, 2.45) is 0 Å². The standard InChI is InChI=1S/C14H17IN2O/c1-9(17-12-6-7-12)8-13(16)14(18)10-2-4-11(15)5-3-10/h2-5,9,12,16-17H,6-8H2,1H3/t9-/m0/s1. The van der Waals surface area contributed by atoms with Crippen molar-refractivity contribution in [3.05, 3.63) is 33.4 Å². The summed E-state index contributed by atoms with van der Waals surface area (Å²) in [5, 5.41) is 11.3. The Morgan fingerprint density at radius 3 is 2.61 bits per heavy atom. The van der Waals surface area contributed by atoms with Gasteiger partial charge in [0.25, 0.3) is 0 Å². The van der Waals surface area contributed by atoms with Crippen LogP contribution < -0.4 is 5.32 Å². The molecule has 0 saturated heterocycles. The lowest BCUT2D eigenvalue weighted by Gasteiger charge is -2.13. The highest BCUT2D eigenvalue weighted by molar-refractivity contribution is 14.1. The molecule has 0 aromatic heterocycles. The van der Waals surface area contributed by atoms with E-state index in [9.17, 15) is 4.79 Å². The molecule has 0 heterocycles. The van der Waals surface area contributed by atoms with E-state index >= 15 is 0 Å². The number of hydrogen-bond donors (Lipinski definition) is 2. The van der Waals surface area contributed by atoms with Crippen LogP contribution in [0.2, 0.25) is 0 Å². The van der Waals surface area contributed by atoms with Crippen molar-refractivity contribution < 1.29 is 4.79 Å². The number of benzene rings is 1. The van der Waals surface area contributed by atoms with E-state index in [2.05, 4.69) is 27.9 Å². The van der Waals surface area contributed by atoms with Crippen LogP contribution in [0.25, 0.3) is 0 Å². The Morgan fingerprint density at radius 2 is 2.06 bits per heavy atom. The summed E-state index contributed by atoms with van der Waals surface area (Å²) in [7, 11) is 0. The molecule has 2 rings (SSSR count). The molecule has 0 amide bonds. The minimum absolute atomic E-state index is 0.157. The van der Waals surface area contributed by atoms with Crippen LogP contribution in [0.5, 0.6) is 0 Å². The second-order valence-corrected chi connectivity index (χ2v) is 6.11. The molecule has 96 valence electrons. The van der Waals surface area contributed by atoms with E-state index in [-0.39, 0.29) is 17.5 Å². The first kappa shape index (κ1) is 13.7. The lowest BCUT2D eigenvalue weighted by atomic mass is 10.0. The highest BCUT2D eigenvalue weighted by atomic mass is 127. The molecule has 0 radical (unpaired) electrons. The van der Waals surface area contributed by atoms with Gasteiger partial charge >= 0.3 is 0 Å². The highest BCUT2D eigenvalue weighted by Gasteiger charge is 2.24. The fourth-order valence-corrected chi connectivity index (χ4v) is 2.25. The molecule has 18 heavy (non-hydrogen) atoms. The van der Waals surface area contributed by atoms with Crippen molar-refractivity contribution in [1.82, 2.24) is 5.32 Å². The zero-order valence-corrected chi connectivity index (χ0v) is 12.5. The van der Waals surface area contributed by atoms with E-state index < -0.39 is 0 Å². The molecule has 1 aliphatic carbocycles. The molecule has 0 aliphatic heterocycles. The maximum absolute atomic E-state index is 12.0. The Morgan fingerprint density at radius 1 is 1.44 bits per heavy atom. The fraction of sp³-hybridized carbons (Fsp3) is 0.429. The molecular formula is C14H17IN2O. The number of nitrogens with one attached hydrogen (secondary N) is 2. The summed E-state index contributed by atoms with van der Waals surface area (Å²) >= 11 is 2.20. The van der Waals surface area contributed by atoms with Gasteiger partial charge in [0.2, 0.25) is 5.78 Å². The van der Waals surface area contributed by atoms with Gasteiger partial charge in [-0.1, -0.05) is 0 Å². The van der Waals surface area contributed by atoms with Gasteiger partial charge in [-0.2, -0.15) is 0 Å². The van der Waals surface area contributed by atoms with Gasteiger partial charge in [0.1, 0.15) is 0 Å². The van der Waals surface area contributed by atoms with Gasteiger partial charge in [-0.05, 0) is 66.6 Å². The average molecular weight is 356 g/mol. The van der Waals surface area contributed by atoms with E-state index in [0.717, 1.165) is 3.57 Å². The van der Waals surface area contributed by atoms with Crippen LogP contribution in [0.4, 0.5) is 0 Å². The van der Waals surface area contributed by atoms with Crippen molar-refractivity contribution in [2.45, 2.75) is 38.3 Å². The summed E-state index contributed by atoms with van der Waals surface area (Å²) in [5.74, 6) is -0.157. The molecule has 1 saturated carbocycles. The second-order valence-electron chi connectivity index (χ2n) is 4.86. The number of halogens is 1. The summed E-state index contributed by atoms with van der Waals surface area (Å²) in [5.41, 5.74) is 0.802. The number of Topliss-reactive ketones (excluding diaryl/α,β-unsaturated/α-hetero) is 1. The molecule has 0 bridgehead atoms. The van der Waals surface area contributed by atoms with Crippen LogP contribution in [0.1, 0.15) is 36.5 Å². The van der Waals surface area contributed by atoms with Gasteiger partial charge in [-0.3, -0.25) is 4.79 Å². The first-order valence-corrected chi connectivity index (χ1v) is 7.28. The monoisotopic (exact) mass is 356 g/mol. The van der Waals surface area contributed by atoms with Crippen LogP contribution >= 0.6 is 22.6 Å². The van der Waals surface area contributed by atoms with Crippen molar-refractivity contribution in [1.29, 1.82) is 5.41 Å². The van der Waals surface area contributed by atoms with Gasteiger partial charge in [0.15, 0.2) is 0 Å². The van der Waals surface area contributed by atoms with E-state index in [4.69, 9.17) is 5.41 Å². The number of rotatable bonds is 6. The third-order valence-corrected chi connectivity index (χ3v) is 3.71. The molecule has 1 aromatic carbocycles. The molecule has 0 spiro atoms. The lowest BCUT2D eigenvalue weighted by molar-refractivity contribution is 0.106. The molecule has 1 aliphatic rings. The SMILES string of the molecule is C[C@@H](CC(=N)C(=O)c1ccc(I)cc1)NC1CC1. The molecule has 4 heteroatoms. The molecule has 1 atom stereocenters. The highest BCUT2D eigenvalue weighted by Crippen LogP contribution is 2.20. The summed E-state index contributed by atoms with van der Waals surface area (Å²) in [6.45, 7) is 2.04. The summed E-state index contributed by atoms with van der Waals surface area (Å²) in [6.07, 6.45) is 2.95. The molecule has 1 aromatic rings. The first-order valence-electron chi connectivity index (χ1n) is 6.20. The van der Waals surface area contributed by atoms with Crippen molar-refractivity contribution in [3.63, 3.8) is 0 Å². The molecule has 0 unspecified atom stereocenters. The predicted octanol–water partition coefficient (Wildman–Crippen LogP) is 3.02. The van der Waals surface area contributed by atoms with Gasteiger partial charge in [-0.25, -0.2) is 0 Å². The van der Waals surface area contributed by atoms with Gasteiger partial charge in [0, 0.05) is 27.6 Å². The predicted molar refractivity (Wildman–Crippen MR) is 81.5 cm³/mol. The Kier molecular flexibility index (Phi) is 4.50. The van der Waals surface area contributed by atoms with Crippen LogP contribution in [0.3, 0.4) is 0 Å². The second kappa shape index (κ2) is 5.93. The van der Waals surface area contributed by atoms with Crippen LogP contribution in [0.15, 0.2) is 24.3 Å². The van der Waals surface area contributed by atoms with Crippen molar-refractivity contribution in [2.75, 3.05) is 0 Å². The number of hydrogen-bond acceptors (Lipinski definition) is 3. The lowest BCUT2D eigenvalue weighted by Crippen LogP contribution is -2.32. The summed E-state index contributed by atoms with van der Waals surface area (Å²) < 4.78 is 1.10. The third-order valence-electron chi connectivity index (χ3n) is 2.99. The number of ketones is 1. The maximum atomic E-state index is 12.0. The first-order chi connectivity index (χ1) is 8.56. The van der Waals surface area contributed by atoms with Crippen LogP contribution in [-0.4, -0.2) is 23.6 Å². The Balaban J connectivity index is 1.91. The van der Waals surface area contributed by atoms with E-state index in [1.807, 2.05) is 19.1 Å². The van der Waals surface area contributed by atoms with Gasteiger partial charge < -0.3 is 10.7 Å². The summed E-state index contributed by atoms with van der Waals surface area (Å²) in [4.78, 5) is 12.0. The number of carbonyl (C=O) groups is 1. The Bertz CT molecular complexity index is 451. The minimum atomic E-state index is -0.157. The summed E-state index contributed by atoms with van der Waals surface area (Å²) in [6, 6.07) is 8.19. The smallest absolute Gasteiger partial charge is 0.206 e. The third kappa shape index (κ3) is 3.88. The van der Waals surface area contributed by atoms with Crippen LogP contribution in [0, 0.1) is 8.98 Å². The van der Waals surface area contributed by atoms with Gasteiger partial charge in [-0.15, -0.1) is 0 Å². The fourth-order valence-electron chi connectivity index (χ4n) is 1.89. The number of carbonyl (C=O) groups excluding carboxylic acids is 1. The average Bonchev–Trinajstić information content (AvgIpc) is 3.12. The zero-order valence-electron chi connectivity index (χ0n) is 10.4. The Hall–Kier alpha value is -0.750. The van der Waals surface area contributed by atoms with Crippen molar-refractivity contribution in [3.8, 4) is 0 Å². The van der Waals surface area contributed by atoms with Crippen LogP contribution in [-0.2, 0) is 0 Å². The quantitative estimate of drug-likeness (QED) is 0.468. The molecular weight excluding hydrogens is 339 g/mol. The molecule has 2 N–H and O–H groups in total. The largest absolute Gasteiger partial charge is 0.311 e. The van der Waals surface area contributed by atoms with Crippen molar-refractivity contribution >= 4 is 34.1 Å². The Labute approximate surface area is 121 Å². The van der Waals surface area contributed by atoms with E-state index in [0.29, 0.717) is 18.0 Å². The normalized spacial score (nSPS) is 16.3. The van der Waals surface area contributed by atoms with Gasteiger partial charge in [0.05, 0.1) is 5.71 Å². The minimum Gasteiger partial charge on any atom is -0.311 e. The molecule has 3 nitrogen and oxygen atoms in total. The zero-order chi connectivity index (χ0) is 13.1. The topological polar surface area (TPSA) is 53.0 Å². The van der Waals surface area contributed by atoms with E-state index in [1.54, 1.807) is 12.1 Å². The van der Waals surface area contributed by atoms with E-state index in [1.165, 1.54) is 12.8 Å².